The molecule has 104 valence electrons. The number of amides is 2. The quantitative estimate of drug-likeness (QED) is 0.369. The van der Waals surface area contributed by atoms with Crippen molar-refractivity contribution in [2.24, 2.45) is 10.7 Å². The van der Waals surface area contributed by atoms with Gasteiger partial charge in [0.05, 0.1) is 6.61 Å². The van der Waals surface area contributed by atoms with Crippen molar-refractivity contribution in [3.05, 3.63) is 0 Å². The number of aliphatic imine (C=N–C) groups is 1. The van der Waals surface area contributed by atoms with Gasteiger partial charge in [0.2, 0.25) is 0 Å². The van der Waals surface area contributed by atoms with E-state index in [9.17, 15) is 15.0 Å². The molecule has 0 saturated carbocycles. The number of aliphatic hydroxyl groups excluding tert-OH is 3. The third-order valence-electron chi connectivity index (χ3n) is 2.71. The molecule has 0 aromatic rings. The number of carbonyl (C=O) groups is 1. The van der Waals surface area contributed by atoms with Crippen LogP contribution < -0.4 is 11.1 Å². The van der Waals surface area contributed by atoms with Gasteiger partial charge in [-0.1, -0.05) is 0 Å². The van der Waals surface area contributed by atoms with Crippen molar-refractivity contribution in [3.8, 4) is 0 Å². The lowest BCUT2D eigenvalue weighted by Gasteiger charge is -2.31. The topological polar surface area (TPSA) is 141 Å². The number of aliphatic hydroxyl groups is 3. The van der Waals surface area contributed by atoms with Crippen molar-refractivity contribution in [3.63, 3.8) is 0 Å². The van der Waals surface area contributed by atoms with E-state index in [1.807, 2.05) is 0 Å². The Morgan fingerprint density at radius 1 is 1.50 bits per heavy atom. The van der Waals surface area contributed by atoms with E-state index in [0.29, 0.717) is 0 Å². The number of nitrogens with zero attached hydrogens (tertiary/aromatic N) is 2. The van der Waals surface area contributed by atoms with Gasteiger partial charge in [-0.25, -0.2) is 9.79 Å². The smallest absolute Gasteiger partial charge is 0.327 e. The Morgan fingerprint density at radius 3 is 2.67 bits per heavy atom. The van der Waals surface area contributed by atoms with Crippen LogP contribution in [0.1, 0.15) is 0 Å². The van der Waals surface area contributed by atoms with Crippen LogP contribution in [0.5, 0.6) is 0 Å². The molecule has 10 heteroatoms. The predicted octanol–water partition coefficient (Wildman–Crippen LogP) is -2.86. The number of hydrogen-bond acceptors (Lipinski definition) is 7. The number of halogens is 1. The van der Waals surface area contributed by atoms with Crippen LogP contribution in [0.2, 0.25) is 0 Å². The van der Waals surface area contributed by atoms with Gasteiger partial charge in [0.1, 0.15) is 25.0 Å². The Balaban J connectivity index is 0.00000162. The number of nitrogens with one attached hydrogen (secondary N) is 1. The molecular formula is C8H15ClN4O5. The molecule has 2 aliphatic heterocycles. The highest BCUT2D eigenvalue weighted by molar-refractivity contribution is 5.96. The molecule has 18 heavy (non-hydrogen) atoms. The van der Waals surface area contributed by atoms with E-state index in [-0.39, 0.29) is 25.0 Å². The second-order valence-corrected chi connectivity index (χ2v) is 3.81. The molecule has 0 unspecified atom stereocenters. The monoisotopic (exact) mass is 282 g/mol. The van der Waals surface area contributed by atoms with Gasteiger partial charge >= 0.3 is 6.03 Å². The first-order valence-electron chi connectivity index (χ1n) is 5.04. The molecule has 1 saturated heterocycles. The van der Waals surface area contributed by atoms with Gasteiger partial charge in [0.25, 0.3) is 0 Å². The summed E-state index contributed by atoms with van der Waals surface area (Å²) in [6.07, 6.45) is -4.53. The first kappa shape index (κ1) is 14.9. The van der Waals surface area contributed by atoms with Crippen LogP contribution in [0.15, 0.2) is 4.99 Å². The zero-order chi connectivity index (χ0) is 12.6. The fraction of sp³-hybridized carbons (Fsp3) is 0.750. The third-order valence-corrected chi connectivity index (χ3v) is 2.71. The Labute approximate surface area is 109 Å². The first-order valence-corrected chi connectivity index (χ1v) is 5.04. The lowest BCUT2D eigenvalue weighted by molar-refractivity contribution is -0.0787. The average molecular weight is 283 g/mol. The molecule has 6 N–H and O–H groups in total. The van der Waals surface area contributed by atoms with Crippen molar-refractivity contribution in [2.45, 2.75) is 24.5 Å². The summed E-state index contributed by atoms with van der Waals surface area (Å²) in [6.45, 7) is -0.528. The maximum atomic E-state index is 11.6. The number of nitrogens with two attached hydrogens (primary N) is 1. The van der Waals surface area contributed by atoms with Crippen LogP contribution in [-0.4, -0.2) is 70.0 Å². The number of urea groups is 1. The molecule has 0 aliphatic carbocycles. The molecule has 2 aliphatic rings. The Kier molecular flexibility index (Phi) is 4.71. The van der Waals surface area contributed by atoms with Gasteiger partial charge in [-0.05, 0) is 0 Å². The van der Waals surface area contributed by atoms with E-state index >= 15 is 0 Å². The van der Waals surface area contributed by atoms with E-state index in [2.05, 4.69) is 10.3 Å². The lowest BCUT2D eigenvalue weighted by atomic mass is 10.1. The minimum atomic E-state index is -1.30. The van der Waals surface area contributed by atoms with Crippen LogP contribution in [0, 0.1) is 0 Å². The normalized spacial score (nSPS) is 35.8. The molecule has 0 spiro atoms. The minimum absolute atomic E-state index is 0. The van der Waals surface area contributed by atoms with Gasteiger partial charge in [-0.2, -0.15) is 0 Å². The van der Waals surface area contributed by atoms with E-state index in [0.717, 1.165) is 4.90 Å². The molecule has 2 amide bonds. The molecule has 0 aromatic carbocycles. The summed E-state index contributed by atoms with van der Waals surface area (Å²) < 4.78 is 5.19. The highest BCUT2D eigenvalue weighted by atomic mass is 35.5. The third kappa shape index (κ3) is 2.49. The average Bonchev–Trinajstić information content (AvgIpc) is 2.57. The largest absolute Gasteiger partial charge is 0.394 e. The van der Waals surface area contributed by atoms with Crippen molar-refractivity contribution in [1.29, 1.82) is 0 Å². The van der Waals surface area contributed by atoms with Crippen LogP contribution in [0.3, 0.4) is 0 Å². The van der Waals surface area contributed by atoms with Crippen LogP contribution >= 0.6 is 12.4 Å². The zero-order valence-corrected chi connectivity index (χ0v) is 10.1. The van der Waals surface area contributed by atoms with E-state index < -0.39 is 37.2 Å². The Bertz CT molecular complexity index is 354. The van der Waals surface area contributed by atoms with Crippen molar-refractivity contribution in [1.82, 2.24) is 10.2 Å². The fourth-order valence-electron chi connectivity index (χ4n) is 1.77. The van der Waals surface area contributed by atoms with Gasteiger partial charge in [-0.3, -0.25) is 10.2 Å². The lowest BCUT2D eigenvalue weighted by Crippen LogP contribution is -2.56. The van der Waals surface area contributed by atoms with Crippen molar-refractivity contribution in [2.75, 3.05) is 13.3 Å². The number of ether oxygens (including phenoxy) is 1. The summed E-state index contributed by atoms with van der Waals surface area (Å²) in [5, 5.41) is 30.4. The van der Waals surface area contributed by atoms with Crippen LogP contribution in [0.4, 0.5) is 4.79 Å². The molecule has 0 aromatic heterocycles. The summed E-state index contributed by atoms with van der Waals surface area (Å²) >= 11 is 0. The highest BCUT2D eigenvalue weighted by Crippen LogP contribution is 2.24. The predicted molar refractivity (Wildman–Crippen MR) is 61.9 cm³/mol. The van der Waals surface area contributed by atoms with Gasteiger partial charge in [0.15, 0.2) is 12.2 Å². The maximum absolute atomic E-state index is 11.6. The second-order valence-electron chi connectivity index (χ2n) is 3.81. The number of guanidine groups is 1. The van der Waals surface area contributed by atoms with Gasteiger partial charge in [0, 0.05) is 0 Å². The fourth-order valence-corrected chi connectivity index (χ4v) is 1.77. The molecule has 1 fully saturated rings. The standard InChI is InChI=1S/C8H14N4O5.ClH/c9-7-10-2-12(8(16)11-7)6-5(15)4(14)3(1-13)17-6;/h3-6,13-15H,1-2H2,(H3,9,10,11,16);1H/t3-,4-,5+,6-;/m1./s1. The SMILES string of the molecule is Cl.NC1=NCN([C@@H]2O[C@H](CO)[C@@H](O)[C@@H]2O)C(=O)N1. The maximum Gasteiger partial charge on any atom is 0.327 e. The summed E-state index contributed by atoms with van der Waals surface area (Å²) in [7, 11) is 0. The molecule has 4 atom stereocenters. The Morgan fingerprint density at radius 2 is 2.17 bits per heavy atom. The van der Waals surface area contributed by atoms with E-state index in [4.69, 9.17) is 15.6 Å². The molecule has 0 bridgehead atoms. The number of rotatable bonds is 2. The first-order chi connectivity index (χ1) is 8.04. The summed E-state index contributed by atoms with van der Waals surface area (Å²) in [5.41, 5.74) is 5.30. The van der Waals surface area contributed by atoms with E-state index in [1.165, 1.54) is 0 Å². The summed E-state index contributed by atoms with van der Waals surface area (Å²) in [4.78, 5) is 16.4. The van der Waals surface area contributed by atoms with Crippen molar-refractivity contribution < 1.29 is 24.9 Å². The summed E-state index contributed by atoms with van der Waals surface area (Å²) in [6, 6.07) is -0.577. The highest BCUT2D eigenvalue weighted by Gasteiger charge is 2.47. The minimum Gasteiger partial charge on any atom is -0.394 e. The Hall–Kier alpha value is -1.13. The molecule has 0 radical (unpaired) electrons. The van der Waals surface area contributed by atoms with Gasteiger partial charge < -0.3 is 25.8 Å². The molecule has 2 rings (SSSR count). The number of carbonyl (C=O) groups excluding carboxylic acids is 1. The van der Waals surface area contributed by atoms with Crippen LogP contribution in [0.25, 0.3) is 0 Å². The van der Waals surface area contributed by atoms with E-state index in [1.54, 1.807) is 0 Å². The second kappa shape index (κ2) is 5.67. The number of hydrogen-bond donors (Lipinski definition) is 5. The van der Waals surface area contributed by atoms with Gasteiger partial charge in [-0.15, -0.1) is 12.4 Å². The van der Waals surface area contributed by atoms with Crippen LogP contribution in [-0.2, 0) is 4.74 Å². The zero-order valence-electron chi connectivity index (χ0n) is 9.26. The summed E-state index contributed by atoms with van der Waals surface area (Å²) in [5.74, 6) is -0.0157. The molecule has 2 heterocycles. The molecule has 9 nitrogen and oxygen atoms in total. The molecular weight excluding hydrogens is 268 g/mol. The van der Waals surface area contributed by atoms with Crippen molar-refractivity contribution >= 4 is 24.4 Å².